The van der Waals surface area contributed by atoms with Crippen molar-refractivity contribution < 1.29 is 19.1 Å². The maximum Gasteiger partial charge on any atom is 0.260 e. The van der Waals surface area contributed by atoms with E-state index in [1.54, 1.807) is 31.3 Å². The molecular formula is C39H45N5O4. The fourth-order valence-electron chi connectivity index (χ4n) is 5.80. The maximum atomic E-state index is 13.6. The largest absolute Gasteiger partial charge is 0.491 e. The molecule has 5 rings (SSSR count). The number of ether oxygens (including phenoxy) is 1. The van der Waals surface area contributed by atoms with Crippen molar-refractivity contribution in [3.8, 4) is 16.9 Å². The minimum Gasteiger partial charge on any atom is -0.491 e. The molecule has 48 heavy (non-hydrogen) atoms. The molecule has 1 aliphatic heterocycles. The smallest absolute Gasteiger partial charge is 0.260 e. The Morgan fingerprint density at radius 3 is 2.29 bits per heavy atom. The first-order valence-electron chi connectivity index (χ1n) is 16.5. The van der Waals surface area contributed by atoms with Crippen LogP contribution in [0.2, 0.25) is 0 Å². The number of benzene rings is 4. The van der Waals surface area contributed by atoms with Gasteiger partial charge in [-0.05, 0) is 80.8 Å². The van der Waals surface area contributed by atoms with E-state index in [9.17, 15) is 14.4 Å². The highest BCUT2D eigenvalue weighted by molar-refractivity contribution is 6.11. The lowest BCUT2D eigenvalue weighted by Gasteiger charge is -2.32. The highest BCUT2D eigenvalue weighted by Crippen LogP contribution is 2.31. The second kappa shape index (κ2) is 16.1. The van der Waals surface area contributed by atoms with Crippen molar-refractivity contribution in [2.24, 2.45) is 0 Å². The van der Waals surface area contributed by atoms with Crippen molar-refractivity contribution in [3.05, 3.63) is 108 Å². The van der Waals surface area contributed by atoms with Gasteiger partial charge >= 0.3 is 0 Å². The lowest BCUT2D eigenvalue weighted by Crippen LogP contribution is -2.47. The van der Waals surface area contributed by atoms with Crippen LogP contribution in [-0.4, -0.2) is 74.4 Å². The van der Waals surface area contributed by atoms with E-state index < -0.39 is 0 Å². The number of aryl methyl sites for hydroxylation is 1. The number of nitrogens with one attached hydrogen (secondary N) is 1. The Morgan fingerprint density at radius 1 is 0.833 bits per heavy atom. The summed E-state index contributed by atoms with van der Waals surface area (Å²) in [6.45, 7) is 5.96. The van der Waals surface area contributed by atoms with Crippen LogP contribution in [0.5, 0.6) is 5.75 Å². The maximum absolute atomic E-state index is 13.6. The first kappa shape index (κ1) is 34.2. The Kier molecular flexibility index (Phi) is 11.5. The Morgan fingerprint density at radius 2 is 1.54 bits per heavy atom. The summed E-state index contributed by atoms with van der Waals surface area (Å²) in [5, 5.41) is 2.93. The third-order valence-corrected chi connectivity index (χ3v) is 8.75. The summed E-state index contributed by atoms with van der Waals surface area (Å²) in [5.41, 5.74) is 11.5. The number of hydrogen-bond acceptors (Lipinski definition) is 6. The van der Waals surface area contributed by atoms with Crippen LogP contribution in [0.15, 0.2) is 91.0 Å². The van der Waals surface area contributed by atoms with E-state index in [1.165, 1.54) is 4.90 Å². The van der Waals surface area contributed by atoms with Crippen LogP contribution >= 0.6 is 0 Å². The molecule has 0 bridgehead atoms. The molecular weight excluding hydrogens is 602 g/mol. The number of rotatable bonds is 12. The Bertz CT molecular complexity index is 1730. The number of hydrogen-bond donors (Lipinski definition) is 2. The molecule has 0 saturated carbocycles. The van der Waals surface area contributed by atoms with Crippen LogP contribution in [0.1, 0.15) is 52.0 Å². The Labute approximate surface area is 283 Å². The number of nitrogens with zero attached hydrogens (tertiary/aromatic N) is 3. The summed E-state index contributed by atoms with van der Waals surface area (Å²) in [5.74, 6) is 0.257. The second-order valence-electron chi connectivity index (χ2n) is 12.3. The Balaban J connectivity index is 1.16. The third kappa shape index (κ3) is 8.60. The van der Waals surface area contributed by atoms with Gasteiger partial charge in [-0.1, -0.05) is 60.2 Å². The highest BCUT2D eigenvalue weighted by Gasteiger charge is 2.21. The molecule has 1 heterocycles. The number of carbonyl (C=O) groups excluding carboxylic acids is 3. The molecule has 0 radical (unpaired) electrons. The van der Waals surface area contributed by atoms with E-state index in [2.05, 4.69) is 17.3 Å². The van der Waals surface area contributed by atoms with Crippen LogP contribution in [0.4, 0.5) is 17.1 Å². The standard InChI is InChI=1S/C39H45N5O4/c1-28-16-18-29(19-17-28)31-11-6-7-12-32(31)38(46)41-30-20-21-33(34(40)27-30)39(47)43(3)35-13-8-9-14-36(35)48-26-10-4-5-15-37(45)44-24-22-42(2)23-25-44/h6-9,11-14,16-21,27H,4-5,10,15,22-26,40H2,1-3H3,(H,41,46). The SMILES string of the molecule is Cc1ccc(-c2ccccc2C(=O)Nc2ccc(C(=O)N(C)c3ccccc3OCCCCCC(=O)N3CCN(C)CC3)c(N)c2)cc1. The lowest BCUT2D eigenvalue weighted by atomic mass is 9.98. The molecule has 250 valence electrons. The molecule has 3 N–H and O–H groups in total. The number of likely N-dealkylation sites (N-methyl/N-ethyl adjacent to an activating group) is 1. The van der Waals surface area contributed by atoms with Gasteiger partial charge in [0.05, 0.1) is 17.9 Å². The predicted molar refractivity (Wildman–Crippen MR) is 193 cm³/mol. The average Bonchev–Trinajstić information content (AvgIpc) is 3.10. The van der Waals surface area contributed by atoms with Crippen molar-refractivity contribution in [2.45, 2.75) is 32.6 Å². The molecule has 0 spiro atoms. The molecule has 1 saturated heterocycles. The second-order valence-corrected chi connectivity index (χ2v) is 12.3. The molecule has 0 unspecified atom stereocenters. The van der Waals surface area contributed by atoms with Gasteiger partial charge in [-0.15, -0.1) is 0 Å². The molecule has 4 aromatic carbocycles. The summed E-state index contributed by atoms with van der Waals surface area (Å²) in [4.78, 5) is 45.1. The van der Waals surface area contributed by atoms with Gasteiger partial charge in [-0.2, -0.15) is 0 Å². The van der Waals surface area contributed by atoms with E-state index in [4.69, 9.17) is 10.5 Å². The quantitative estimate of drug-likeness (QED) is 0.135. The number of anilines is 3. The van der Waals surface area contributed by atoms with Crippen LogP contribution in [0.25, 0.3) is 11.1 Å². The number of piperazine rings is 1. The van der Waals surface area contributed by atoms with Gasteiger partial charge in [0.1, 0.15) is 5.75 Å². The van der Waals surface area contributed by atoms with Crippen molar-refractivity contribution in [1.82, 2.24) is 9.80 Å². The van der Waals surface area contributed by atoms with Crippen LogP contribution in [0.3, 0.4) is 0 Å². The summed E-state index contributed by atoms with van der Waals surface area (Å²) in [7, 11) is 3.77. The molecule has 3 amide bonds. The number of nitrogen functional groups attached to an aromatic ring is 1. The van der Waals surface area contributed by atoms with E-state index in [-0.39, 0.29) is 23.4 Å². The minimum absolute atomic E-state index is 0.229. The van der Waals surface area contributed by atoms with Gasteiger partial charge in [-0.3, -0.25) is 14.4 Å². The zero-order valence-corrected chi connectivity index (χ0v) is 28.1. The number of carbonyl (C=O) groups is 3. The van der Waals surface area contributed by atoms with Crippen LogP contribution in [0, 0.1) is 6.92 Å². The van der Waals surface area contributed by atoms with Gasteiger partial charge in [0, 0.05) is 56.6 Å². The lowest BCUT2D eigenvalue weighted by molar-refractivity contribution is -0.132. The van der Waals surface area contributed by atoms with Gasteiger partial charge in [0.15, 0.2) is 0 Å². The van der Waals surface area contributed by atoms with Gasteiger partial charge < -0.3 is 30.5 Å². The highest BCUT2D eigenvalue weighted by atomic mass is 16.5. The third-order valence-electron chi connectivity index (χ3n) is 8.75. The Hall–Kier alpha value is -5.15. The zero-order chi connectivity index (χ0) is 34.0. The number of nitrogens with two attached hydrogens (primary N) is 1. The number of unbranched alkanes of at least 4 members (excludes halogenated alkanes) is 2. The minimum atomic E-state index is -0.298. The van der Waals surface area contributed by atoms with Gasteiger partial charge in [0.25, 0.3) is 11.8 Å². The van der Waals surface area contributed by atoms with Gasteiger partial charge in [-0.25, -0.2) is 0 Å². The average molecular weight is 648 g/mol. The molecule has 1 fully saturated rings. The van der Waals surface area contributed by atoms with Crippen LogP contribution < -0.4 is 20.7 Å². The molecule has 0 atom stereocenters. The fraction of sp³-hybridized carbons (Fsp3) is 0.308. The summed E-state index contributed by atoms with van der Waals surface area (Å²) in [6.07, 6.45) is 3.07. The topological polar surface area (TPSA) is 108 Å². The van der Waals surface area contributed by atoms with Crippen molar-refractivity contribution in [1.29, 1.82) is 0 Å². The number of para-hydroxylation sites is 2. The van der Waals surface area contributed by atoms with Crippen LogP contribution in [-0.2, 0) is 4.79 Å². The monoisotopic (exact) mass is 647 g/mol. The van der Waals surface area contributed by atoms with Crippen molar-refractivity contribution in [2.75, 3.05) is 62.8 Å². The first-order chi connectivity index (χ1) is 23.2. The van der Waals surface area contributed by atoms with Gasteiger partial charge in [0.2, 0.25) is 5.91 Å². The van der Waals surface area contributed by atoms with Crippen molar-refractivity contribution >= 4 is 34.8 Å². The molecule has 4 aromatic rings. The molecule has 1 aliphatic rings. The number of amides is 3. The van der Waals surface area contributed by atoms with Crippen molar-refractivity contribution in [3.63, 3.8) is 0 Å². The molecule has 9 heteroatoms. The molecule has 0 aromatic heterocycles. The predicted octanol–water partition coefficient (Wildman–Crippen LogP) is 6.49. The molecule has 9 nitrogen and oxygen atoms in total. The van der Waals surface area contributed by atoms with E-state index in [1.807, 2.05) is 78.6 Å². The zero-order valence-electron chi connectivity index (χ0n) is 28.1. The van der Waals surface area contributed by atoms with E-state index in [0.717, 1.165) is 62.1 Å². The summed E-state index contributed by atoms with van der Waals surface area (Å²) >= 11 is 0. The summed E-state index contributed by atoms with van der Waals surface area (Å²) in [6, 6.07) is 27.8. The van der Waals surface area contributed by atoms with E-state index in [0.29, 0.717) is 41.3 Å². The molecule has 0 aliphatic carbocycles. The first-order valence-corrected chi connectivity index (χ1v) is 16.5. The fourth-order valence-corrected chi connectivity index (χ4v) is 5.80. The van der Waals surface area contributed by atoms with E-state index >= 15 is 0 Å². The normalized spacial score (nSPS) is 13.2. The summed E-state index contributed by atoms with van der Waals surface area (Å²) < 4.78 is 6.09.